The molecule has 0 radical (unpaired) electrons. The lowest BCUT2D eigenvalue weighted by Crippen LogP contribution is -2.57. The zero-order chi connectivity index (χ0) is 22.0. The normalized spacial score (nSPS) is 14.9. The standard InChI is InChI=1S/C17H28N6O5S/c1-3-9(2)14(18)17(28)23-12(7-29)16(27)22-11(4-10-5-19-8-21-10)15(26)20-6-13(24)25/h5,8-9,11-12,14,29H,3-4,6-7,18H2,1-2H3,(H,19,21)(H,20,26)(H,22,27)(H,23,28)(H,24,25). The molecule has 4 atom stereocenters. The number of H-pyrrole nitrogens is 1. The fourth-order valence-corrected chi connectivity index (χ4v) is 2.62. The minimum absolute atomic E-state index is 0.0156. The van der Waals surface area contributed by atoms with Crippen molar-refractivity contribution in [1.29, 1.82) is 0 Å². The maximum atomic E-state index is 12.6. The summed E-state index contributed by atoms with van der Waals surface area (Å²) in [6.07, 6.45) is 3.64. The number of thiol groups is 1. The Morgan fingerprint density at radius 1 is 1.21 bits per heavy atom. The number of carboxylic acid groups (broad SMARTS) is 1. The van der Waals surface area contributed by atoms with Crippen LogP contribution < -0.4 is 21.7 Å². The van der Waals surface area contributed by atoms with Crippen molar-refractivity contribution < 1.29 is 24.3 Å². The third-order valence-corrected chi connectivity index (χ3v) is 4.77. The fourth-order valence-electron chi connectivity index (χ4n) is 2.36. The van der Waals surface area contributed by atoms with Crippen LogP contribution in [0.5, 0.6) is 0 Å². The maximum Gasteiger partial charge on any atom is 0.322 e. The van der Waals surface area contributed by atoms with Gasteiger partial charge in [-0.25, -0.2) is 4.98 Å². The van der Waals surface area contributed by atoms with Crippen molar-refractivity contribution in [2.75, 3.05) is 12.3 Å². The number of rotatable bonds is 12. The van der Waals surface area contributed by atoms with E-state index in [4.69, 9.17) is 10.8 Å². The summed E-state index contributed by atoms with van der Waals surface area (Å²) in [6.45, 7) is 3.13. The third-order valence-electron chi connectivity index (χ3n) is 4.40. The largest absolute Gasteiger partial charge is 0.480 e. The number of aromatic amines is 1. The Bertz CT molecular complexity index is 698. The number of hydrogen-bond donors (Lipinski definition) is 7. The second kappa shape index (κ2) is 12.1. The van der Waals surface area contributed by atoms with E-state index in [9.17, 15) is 19.2 Å². The number of hydrogen-bond acceptors (Lipinski definition) is 7. The van der Waals surface area contributed by atoms with Crippen molar-refractivity contribution >= 4 is 36.3 Å². The highest BCUT2D eigenvalue weighted by atomic mass is 32.1. The summed E-state index contributed by atoms with van der Waals surface area (Å²) in [5.41, 5.74) is 6.44. The molecule has 0 saturated carbocycles. The number of amides is 3. The first kappa shape index (κ1) is 24.4. The van der Waals surface area contributed by atoms with Crippen LogP contribution in [0, 0.1) is 5.92 Å². The molecule has 1 aromatic heterocycles. The molecule has 0 saturated heterocycles. The number of imidazole rings is 1. The molecule has 11 nitrogen and oxygen atoms in total. The molecule has 4 unspecified atom stereocenters. The SMILES string of the molecule is CCC(C)C(N)C(=O)NC(CS)C(=O)NC(Cc1cnc[nH]1)C(=O)NCC(=O)O. The van der Waals surface area contributed by atoms with Gasteiger partial charge in [0.2, 0.25) is 17.7 Å². The first-order valence-corrected chi connectivity index (χ1v) is 9.76. The molecule has 0 aromatic carbocycles. The molecule has 0 aliphatic rings. The van der Waals surface area contributed by atoms with Crippen LogP contribution in [-0.2, 0) is 25.6 Å². The predicted octanol–water partition coefficient (Wildman–Crippen LogP) is -1.57. The van der Waals surface area contributed by atoms with Gasteiger partial charge in [0, 0.05) is 24.1 Å². The maximum absolute atomic E-state index is 12.6. The Kier molecular flexibility index (Phi) is 10.2. The van der Waals surface area contributed by atoms with E-state index in [0.29, 0.717) is 12.1 Å². The van der Waals surface area contributed by atoms with Gasteiger partial charge in [-0.15, -0.1) is 0 Å². The number of carbonyl (C=O) groups excluding carboxylic acids is 3. The van der Waals surface area contributed by atoms with Gasteiger partial charge in [0.1, 0.15) is 18.6 Å². The molecule has 0 aliphatic heterocycles. The Labute approximate surface area is 174 Å². The molecule has 0 aliphatic carbocycles. The molecule has 7 N–H and O–H groups in total. The highest BCUT2D eigenvalue weighted by molar-refractivity contribution is 7.80. The van der Waals surface area contributed by atoms with Gasteiger partial charge in [0.25, 0.3) is 0 Å². The van der Waals surface area contributed by atoms with Crippen LogP contribution in [0.3, 0.4) is 0 Å². The Morgan fingerprint density at radius 2 is 1.86 bits per heavy atom. The molecule has 0 spiro atoms. The van der Waals surface area contributed by atoms with Crippen molar-refractivity contribution in [2.24, 2.45) is 11.7 Å². The summed E-state index contributed by atoms with van der Waals surface area (Å²) < 4.78 is 0. The van der Waals surface area contributed by atoms with Gasteiger partial charge in [-0.2, -0.15) is 12.6 Å². The van der Waals surface area contributed by atoms with Crippen LogP contribution in [0.2, 0.25) is 0 Å². The van der Waals surface area contributed by atoms with Crippen molar-refractivity contribution in [2.45, 2.75) is 44.8 Å². The second-order valence-electron chi connectivity index (χ2n) is 6.61. The fraction of sp³-hybridized carbons (Fsp3) is 0.588. The third kappa shape index (κ3) is 8.11. The van der Waals surface area contributed by atoms with Crippen molar-refractivity contribution in [3.05, 3.63) is 18.2 Å². The first-order chi connectivity index (χ1) is 13.7. The van der Waals surface area contributed by atoms with Gasteiger partial charge in [0.05, 0.1) is 12.4 Å². The number of nitrogens with two attached hydrogens (primary N) is 1. The number of aliphatic carboxylic acids is 1. The van der Waals surface area contributed by atoms with Gasteiger partial charge in [-0.3, -0.25) is 19.2 Å². The van der Waals surface area contributed by atoms with E-state index in [0.717, 1.165) is 0 Å². The van der Waals surface area contributed by atoms with Crippen molar-refractivity contribution in [3.63, 3.8) is 0 Å². The van der Waals surface area contributed by atoms with Gasteiger partial charge in [-0.05, 0) is 5.92 Å². The zero-order valence-corrected chi connectivity index (χ0v) is 17.2. The van der Waals surface area contributed by atoms with E-state index in [1.807, 2.05) is 13.8 Å². The second-order valence-corrected chi connectivity index (χ2v) is 6.97. The van der Waals surface area contributed by atoms with Gasteiger partial charge >= 0.3 is 5.97 Å². The Morgan fingerprint density at radius 3 is 2.38 bits per heavy atom. The first-order valence-electron chi connectivity index (χ1n) is 9.13. The van der Waals surface area contributed by atoms with E-state index in [1.165, 1.54) is 12.5 Å². The molecule has 1 heterocycles. The molecule has 12 heteroatoms. The van der Waals surface area contributed by atoms with Crippen LogP contribution in [-0.4, -0.2) is 69.2 Å². The monoisotopic (exact) mass is 428 g/mol. The molecule has 1 aromatic rings. The Hall–Kier alpha value is -2.60. The van der Waals surface area contributed by atoms with E-state index >= 15 is 0 Å². The number of nitrogens with zero attached hydrogens (tertiary/aromatic N) is 1. The highest BCUT2D eigenvalue weighted by Crippen LogP contribution is 2.06. The molecule has 0 bridgehead atoms. The minimum Gasteiger partial charge on any atom is -0.480 e. The number of carboxylic acids is 1. The summed E-state index contributed by atoms with van der Waals surface area (Å²) in [5, 5.41) is 16.0. The number of carbonyl (C=O) groups is 4. The molecular formula is C17H28N6O5S. The van der Waals surface area contributed by atoms with Crippen LogP contribution in [0.15, 0.2) is 12.5 Å². The van der Waals surface area contributed by atoms with Crippen LogP contribution in [0.1, 0.15) is 26.0 Å². The molecular weight excluding hydrogens is 400 g/mol. The van der Waals surface area contributed by atoms with E-state index in [2.05, 4.69) is 38.5 Å². The van der Waals surface area contributed by atoms with E-state index in [-0.39, 0.29) is 18.1 Å². The number of nitrogens with one attached hydrogen (secondary N) is 4. The minimum atomic E-state index is -1.22. The van der Waals surface area contributed by atoms with Crippen molar-refractivity contribution in [1.82, 2.24) is 25.9 Å². The quantitative estimate of drug-likeness (QED) is 0.196. The van der Waals surface area contributed by atoms with Gasteiger partial charge in [-0.1, -0.05) is 20.3 Å². The zero-order valence-electron chi connectivity index (χ0n) is 16.3. The van der Waals surface area contributed by atoms with E-state index in [1.54, 1.807) is 0 Å². The van der Waals surface area contributed by atoms with Crippen LogP contribution in [0.4, 0.5) is 0 Å². The van der Waals surface area contributed by atoms with Crippen LogP contribution >= 0.6 is 12.6 Å². The smallest absolute Gasteiger partial charge is 0.322 e. The summed E-state index contributed by atoms with van der Waals surface area (Å²) in [5.74, 6) is -3.12. The lowest BCUT2D eigenvalue weighted by atomic mass is 9.99. The number of aromatic nitrogens is 2. The molecule has 3 amide bonds. The highest BCUT2D eigenvalue weighted by Gasteiger charge is 2.29. The average molecular weight is 429 g/mol. The van der Waals surface area contributed by atoms with Crippen LogP contribution in [0.25, 0.3) is 0 Å². The summed E-state index contributed by atoms with van der Waals surface area (Å²) >= 11 is 4.09. The lowest BCUT2D eigenvalue weighted by Gasteiger charge is -2.24. The Balaban J connectivity index is 2.82. The summed E-state index contributed by atoms with van der Waals surface area (Å²) in [4.78, 5) is 54.6. The predicted molar refractivity (Wildman–Crippen MR) is 108 cm³/mol. The topological polar surface area (TPSA) is 179 Å². The van der Waals surface area contributed by atoms with Crippen molar-refractivity contribution in [3.8, 4) is 0 Å². The molecule has 29 heavy (non-hydrogen) atoms. The molecule has 162 valence electrons. The van der Waals surface area contributed by atoms with E-state index < -0.39 is 48.4 Å². The average Bonchev–Trinajstić information content (AvgIpc) is 3.21. The molecule has 1 rings (SSSR count). The van der Waals surface area contributed by atoms with Gasteiger partial charge in [0.15, 0.2) is 0 Å². The summed E-state index contributed by atoms with van der Waals surface area (Å²) in [7, 11) is 0. The van der Waals surface area contributed by atoms with Gasteiger partial charge < -0.3 is 31.8 Å². The lowest BCUT2D eigenvalue weighted by molar-refractivity contribution is -0.138. The molecule has 0 fully saturated rings. The summed E-state index contributed by atoms with van der Waals surface area (Å²) in [6, 6.07) is -2.88.